The average molecular weight is 312 g/mol. The molecule has 6 heteroatoms. The van der Waals surface area contributed by atoms with Gasteiger partial charge in [0.05, 0.1) is 17.7 Å². The summed E-state index contributed by atoms with van der Waals surface area (Å²) >= 11 is 1.27. The fourth-order valence-electron chi connectivity index (χ4n) is 1.92. The number of nitrogens with two attached hydrogens (primary N) is 1. The molecule has 0 atom stereocenters. The van der Waals surface area contributed by atoms with Crippen molar-refractivity contribution in [2.75, 3.05) is 31.3 Å². The van der Waals surface area contributed by atoms with Gasteiger partial charge in [0.2, 0.25) is 0 Å². The molecule has 0 saturated carbocycles. The molecule has 1 rings (SSSR count). The SMILES string of the molecule is CCC(=O)c1sc(N(C)CCC(C)C)c(C(=O)OC)c1N. The molecule has 0 unspecified atom stereocenters. The first kappa shape index (κ1) is 17.5. The Morgan fingerprint density at radius 2 is 2.00 bits per heavy atom. The predicted octanol–water partition coefficient (Wildman–Crippen LogP) is 3.19. The smallest absolute Gasteiger partial charge is 0.343 e. The van der Waals surface area contributed by atoms with Gasteiger partial charge in [0, 0.05) is 20.0 Å². The number of methoxy groups -OCH3 is 1. The zero-order valence-corrected chi connectivity index (χ0v) is 14.2. The van der Waals surface area contributed by atoms with Crippen LogP contribution in [-0.4, -0.2) is 32.5 Å². The normalized spacial score (nSPS) is 10.8. The van der Waals surface area contributed by atoms with Gasteiger partial charge >= 0.3 is 5.97 Å². The molecule has 0 aliphatic heterocycles. The summed E-state index contributed by atoms with van der Waals surface area (Å²) in [5, 5.41) is 0.705. The van der Waals surface area contributed by atoms with Gasteiger partial charge in [-0.15, -0.1) is 11.3 Å². The van der Waals surface area contributed by atoms with Crippen molar-refractivity contribution in [2.45, 2.75) is 33.6 Å². The maximum atomic E-state index is 12.0. The van der Waals surface area contributed by atoms with Crippen LogP contribution in [0, 0.1) is 5.92 Å². The highest BCUT2D eigenvalue weighted by molar-refractivity contribution is 7.19. The van der Waals surface area contributed by atoms with E-state index in [0.717, 1.165) is 13.0 Å². The second-order valence-electron chi connectivity index (χ2n) is 5.40. The van der Waals surface area contributed by atoms with Crippen LogP contribution in [0.4, 0.5) is 10.7 Å². The Bertz CT molecular complexity index is 523. The summed E-state index contributed by atoms with van der Waals surface area (Å²) in [4.78, 5) is 26.4. The molecule has 0 aliphatic rings. The Labute approximate surface area is 130 Å². The number of ketones is 1. The summed E-state index contributed by atoms with van der Waals surface area (Å²) in [5.74, 6) is 0.0135. The van der Waals surface area contributed by atoms with E-state index in [-0.39, 0.29) is 11.5 Å². The van der Waals surface area contributed by atoms with Crippen molar-refractivity contribution in [3.8, 4) is 0 Å². The molecule has 0 saturated heterocycles. The first-order valence-electron chi connectivity index (χ1n) is 7.08. The van der Waals surface area contributed by atoms with Crippen LogP contribution in [0.15, 0.2) is 0 Å². The number of esters is 1. The minimum atomic E-state index is -0.495. The Morgan fingerprint density at radius 3 is 2.48 bits per heavy atom. The van der Waals surface area contributed by atoms with Gasteiger partial charge in [-0.2, -0.15) is 0 Å². The van der Waals surface area contributed by atoms with E-state index in [1.54, 1.807) is 6.92 Å². The van der Waals surface area contributed by atoms with Gasteiger partial charge in [0.1, 0.15) is 10.6 Å². The minimum absolute atomic E-state index is 0.0498. The van der Waals surface area contributed by atoms with Gasteiger partial charge in [-0.05, 0) is 12.3 Å². The quantitative estimate of drug-likeness (QED) is 0.618. The Morgan fingerprint density at radius 1 is 1.38 bits per heavy atom. The third-order valence-electron chi connectivity index (χ3n) is 3.28. The third-order valence-corrected chi connectivity index (χ3v) is 4.64. The second kappa shape index (κ2) is 7.45. The number of rotatable bonds is 7. The summed E-state index contributed by atoms with van der Waals surface area (Å²) in [5.41, 5.74) is 6.56. The summed E-state index contributed by atoms with van der Waals surface area (Å²) in [6.07, 6.45) is 1.35. The lowest BCUT2D eigenvalue weighted by Gasteiger charge is -2.19. The highest BCUT2D eigenvalue weighted by Gasteiger charge is 2.27. The van der Waals surface area contributed by atoms with Gasteiger partial charge in [-0.1, -0.05) is 20.8 Å². The lowest BCUT2D eigenvalue weighted by atomic mass is 10.1. The number of Topliss-reactive ketones (excluding diaryl/α,β-unsaturated/α-hetero) is 1. The molecule has 0 aromatic carbocycles. The molecule has 0 bridgehead atoms. The highest BCUT2D eigenvalue weighted by Crippen LogP contribution is 2.39. The zero-order valence-electron chi connectivity index (χ0n) is 13.4. The number of hydrogen-bond donors (Lipinski definition) is 1. The fourth-order valence-corrected chi connectivity index (χ4v) is 3.13. The molecule has 0 radical (unpaired) electrons. The number of thiophene rings is 1. The van der Waals surface area contributed by atoms with E-state index in [1.165, 1.54) is 18.4 Å². The van der Waals surface area contributed by atoms with Crippen molar-refractivity contribution in [3.05, 3.63) is 10.4 Å². The molecule has 0 spiro atoms. The molecular formula is C15H24N2O3S. The van der Waals surface area contributed by atoms with E-state index in [1.807, 2.05) is 11.9 Å². The van der Waals surface area contributed by atoms with E-state index in [4.69, 9.17) is 10.5 Å². The maximum Gasteiger partial charge on any atom is 0.343 e. The number of nitrogens with zero attached hydrogens (tertiary/aromatic N) is 1. The summed E-state index contributed by atoms with van der Waals surface area (Å²) < 4.78 is 4.81. The van der Waals surface area contributed by atoms with Crippen LogP contribution in [0.2, 0.25) is 0 Å². The van der Waals surface area contributed by atoms with Crippen molar-refractivity contribution >= 4 is 33.8 Å². The monoisotopic (exact) mass is 312 g/mol. The maximum absolute atomic E-state index is 12.0. The molecule has 21 heavy (non-hydrogen) atoms. The van der Waals surface area contributed by atoms with Crippen molar-refractivity contribution in [2.24, 2.45) is 5.92 Å². The molecule has 1 aromatic rings. The predicted molar refractivity (Wildman–Crippen MR) is 87.4 cm³/mol. The Kier molecular flexibility index (Phi) is 6.20. The van der Waals surface area contributed by atoms with Gasteiger partial charge in [0.25, 0.3) is 0 Å². The van der Waals surface area contributed by atoms with Gasteiger partial charge in [-0.25, -0.2) is 4.79 Å². The van der Waals surface area contributed by atoms with E-state index in [0.29, 0.717) is 27.8 Å². The first-order valence-corrected chi connectivity index (χ1v) is 7.89. The van der Waals surface area contributed by atoms with Crippen LogP contribution in [0.5, 0.6) is 0 Å². The lowest BCUT2D eigenvalue weighted by molar-refractivity contribution is 0.0603. The zero-order chi connectivity index (χ0) is 16.2. The van der Waals surface area contributed by atoms with E-state index in [9.17, 15) is 9.59 Å². The van der Waals surface area contributed by atoms with Crippen LogP contribution < -0.4 is 10.6 Å². The molecular weight excluding hydrogens is 288 g/mol. The van der Waals surface area contributed by atoms with Gasteiger partial charge < -0.3 is 15.4 Å². The molecule has 5 nitrogen and oxygen atoms in total. The number of carbonyl (C=O) groups excluding carboxylic acids is 2. The molecule has 2 N–H and O–H groups in total. The molecule has 0 fully saturated rings. The Balaban J connectivity index is 3.22. The lowest BCUT2D eigenvalue weighted by Crippen LogP contribution is -2.21. The average Bonchev–Trinajstić information content (AvgIpc) is 2.80. The number of nitrogen functional groups attached to an aromatic ring is 1. The van der Waals surface area contributed by atoms with E-state index in [2.05, 4.69) is 13.8 Å². The van der Waals surface area contributed by atoms with Crippen LogP contribution in [0.3, 0.4) is 0 Å². The number of carbonyl (C=O) groups is 2. The summed E-state index contributed by atoms with van der Waals surface area (Å²) in [6, 6.07) is 0. The third kappa shape index (κ3) is 3.97. The second-order valence-corrected chi connectivity index (χ2v) is 6.40. The van der Waals surface area contributed by atoms with Crippen LogP contribution in [0.1, 0.15) is 53.6 Å². The van der Waals surface area contributed by atoms with Crippen molar-refractivity contribution in [1.82, 2.24) is 0 Å². The summed E-state index contributed by atoms with van der Waals surface area (Å²) in [6.45, 7) is 6.86. The van der Waals surface area contributed by atoms with Gasteiger partial charge in [0.15, 0.2) is 5.78 Å². The molecule has 0 aliphatic carbocycles. The molecule has 0 amide bonds. The minimum Gasteiger partial charge on any atom is -0.465 e. The van der Waals surface area contributed by atoms with Gasteiger partial charge in [-0.3, -0.25) is 4.79 Å². The number of ether oxygens (including phenoxy) is 1. The van der Waals surface area contributed by atoms with Crippen molar-refractivity contribution in [3.63, 3.8) is 0 Å². The highest BCUT2D eigenvalue weighted by atomic mass is 32.1. The van der Waals surface area contributed by atoms with Crippen LogP contribution in [0.25, 0.3) is 0 Å². The van der Waals surface area contributed by atoms with Crippen LogP contribution >= 0.6 is 11.3 Å². The topological polar surface area (TPSA) is 72.6 Å². The van der Waals surface area contributed by atoms with E-state index >= 15 is 0 Å². The number of anilines is 2. The van der Waals surface area contributed by atoms with Crippen LogP contribution in [-0.2, 0) is 4.74 Å². The first-order chi connectivity index (χ1) is 9.83. The standard InChI is InChI=1S/C15H24N2O3S/c1-6-10(18)13-12(16)11(15(19)20-5)14(21-13)17(4)8-7-9(2)3/h9H,6-8,16H2,1-5H3. The number of hydrogen-bond acceptors (Lipinski definition) is 6. The van der Waals surface area contributed by atoms with Crippen molar-refractivity contribution in [1.29, 1.82) is 0 Å². The molecule has 1 aromatic heterocycles. The van der Waals surface area contributed by atoms with Crippen molar-refractivity contribution < 1.29 is 14.3 Å². The Hall–Kier alpha value is -1.56. The van der Waals surface area contributed by atoms with E-state index < -0.39 is 5.97 Å². The molecule has 1 heterocycles. The largest absolute Gasteiger partial charge is 0.465 e. The fraction of sp³-hybridized carbons (Fsp3) is 0.600. The molecule has 118 valence electrons. The summed E-state index contributed by atoms with van der Waals surface area (Å²) in [7, 11) is 3.22.